The largest absolute Gasteiger partial charge is 0.338 e. The van der Waals surface area contributed by atoms with E-state index >= 15 is 0 Å². The molecule has 0 bridgehead atoms. The molecule has 1 unspecified atom stereocenters. The third-order valence-corrected chi connectivity index (χ3v) is 3.96. The lowest BCUT2D eigenvalue weighted by Crippen LogP contribution is -2.30. The van der Waals surface area contributed by atoms with E-state index in [-0.39, 0.29) is 18.3 Å². The average Bonchev–Trinajstić information content (AvgIpc) is 2.76. The number of hydrogen-bond acceptors (Lipinski definition) is 2. The molecule has 2 rings (SSSR count). The molecular weight excluding hydrogens is 339 g/mol. The number of carbonyl (C=O) groups is 1. The van der Waals surface area contributed by atoms with Crippen molar-refractivity contribution in [2.45, 2.75) is 6.42 Å². The molecule has 0 aromatic heterocycles. The van der Waals surface area contributed by atoms with Crippen LogP contribution in [0.2, 0.25) is 5.02 Å². The van der Waals surface area contributed by atoms with Crippen molar-refractivity contribution in [3.63, 3.8) is 0 Å². The van der Waals surface area contributed by atoms with Crippen LogP contribution in [0.3, 0.4) is 0 Å². The highest BCUT2D eigenvalue weighted by molar-refractivity contribution is 9.10. The van der Waals surface area contributed by atoms with Gasteiger partial charge in [-0.25, -0.2) is 0 Å². The summed E-state index contributed by atoms with van der Waals surface area (Å²) in [5, 5.41) is 0.620. The van der Waals surface area contributed by atoms with Gasteiger partial charge in [-0.05, 0) is 53.0 Å². The van der Waals surface area contributed by atoms with Crippen LogP contribution in [-0.4, -0.2) is 30.4 Å². The highest BCUT2D eigenvalue weighted by Gasteiger charge is 2.26. The summed E-state index contributed by atoms with van der Waals surface area (Å²) in [5.41, 5.74) is 6.28. The van der Waals surface area contributed by atoms with Gasteiger partial charge in [0.1, 0.15) is 0 Å². The molecule has 1 aliphatic rings. The lowest BCUT2D eigenvalue weighted by molar-refractivity contribution is 0.0787. The first kappa shape index (κ1) is 15.8. The third-order valence-electron chi connectivity index (χ3n) is 3.07. The molecule has 1 atom stereocenters. The van der Waals surface area contributed by atoms with Crippen molar-refractivity contribution in [3.8, 4) is 0 Å². The molecule has 1 amide bonds. The van der Waals surface area contributed by atoms with Gasteiger partial charge in [-0.3, -0.25) is 4.79 Å². The fourth-order valence-corrected chi connectivity index (χ4v) is 2.90. The molecule has 6 heteroatoms. The minimum atomic E-state index is 0. The molecule has 1 heterocycles. The second-order valence-electron chi connectivity index (χ2n) is 4.27. The second-order valence-corrected chi connectivity index (χ2v) is 5.56. The van der Waals surface area contributed by atoms with Crippen LogP contribution in [0.15, 0.2) is 22.7 Å². The zero-order chi connectivity index (χ0) is 12.4. The summed E-state index contributed by atoms with van der Waals surface area (Å²) in [6, 6.07) is 5.23. The maximum atomic E-state index is 12.3. The summed E-state index contributed by atoms with van der Waals surface area (Å²) in [4.78, 5) is 14.1. The quantitative estimate of drug-likeness (QED) is 0.888. The van der Waals surface area contributed by atoms with Gasteiger partial charge in [0.2, 0.25) is 0 Å². The summed E-state index contributed by atoms with van der Waals surface area (Å²) < 4.78 is 0.742. The van der Waals surface area contributed by atoms with E-state index in [0.29, 0.717) is 23.0 Å². The molecule has 100 valence electrons. The lowest BCUT2D eigenvalue weighted by atomic mass is 10.1. The molecule has 1 saturated heterocycles. The summed E-state index contributed by atoms with van der Waals surface area (Å²) in [5.74, 6) is 0.481. The molecule has 3 nitrogen and oxygen atoms in total. The highest BCUT2D eigenvalue weighted by atomic mass is 79.9. The van der Waals surface area contributed by atoms with Gasteiger partial charge in [-0.15, -0.1) is 12.4 Å². The van der Waals surface area contributed by atoms with Crippen molar-refractivity contribution in [3.05, 3.63) is 33.3 Å². The monoisotopic (exact) mass is 352 g/mol. The average molecular weight is 354 g/mol. The number of halogens is 3. The van der Waals surface area contributed by atoms with Crippen LogP contribution in [0.1, 0.15) is 16.8 Å². The Morgan fingerprint density at radius 2 is 2.28 bits per heavy atom. The molecular formula is C12H15BrCl2N2O. The van der Waals surface area contributed by atoms with Crippen molar-refractivity contribution in [1.82, 2.24) is 4.90 Å². The number of nitrogens with two attached hydrogens (primary N) is 1. The van der Waals surface area contributed by atoms with Crippen LogP contribution >= 0.6 is 39.9 Å². The van der Waals surface area contributed by atoms with Crippen molar-refractivity contribution in [2.75, 3.05) is 19.6 Å². The Hall–Kier alpha value is -0.290. The second kappa shape index (κ2) is 6.75. The summed E-state index contributed by atoms with van der Waals surface area (Å²) in [7, 11) is 0. The fourth-order valence-electron chi connectivity index (χ4n) is 2.04. The lowest BCUT2D eigenvalue weighted by Gasteiger charge is -2.17. The maximum absolute atomic E-state index is 12.3. The summed E-state index contributed by atoms with van der Waals surface area (Å²) in [6.07, 6.45) is 0.994. The van der Waals surface area contributed by atoms with Crippen molar-refractivity contribution in [2.24, 2.45) is 11.7 Å². The third kappa shape index (κ3) is 3.38. The number of amides is 1. The van der Waals surface area contributed by atoms with Gasteiger partial charge in [0.15, 0.2) is 0 Å². The van der Waals surface area contributed by atoms with Crippen molar-refractivity contribution in [1.29, 1.82) is 0 Å². The Morgan fingerprint density at radius 1 is 1.56 bits per heavy atom. The SMILES string of the molecule is Cl.NCC1CCN(C(=O)c2ccc(Cl)cc2Br)C1. The van der Waals surface area contributed by atoms with E-state index in [0.717, 1.165) is 24.0 Å². The first-order valence-electron chi connectivity index (χ1n) is 5.56. The normalized spacial score (nSPS) is 18.6. The Balaban J connectivity index is 0.00000162. The van der Waals surface area contributed by atoms with E-state index in [9.17, 15) is 4.79 Å². The molecule has 1 aliphatic heterocycles. The molecule has 1 aromatic carbocycles. The number of rotatable bonds is 2. The minimum Gasteiger partial charge on any atom is -0.338 e. The Labute approximate surface area is 126 Å². The van der Waals surface area contributed by atoms with Gasteiger partial charge in [0.25, 0.3) is 5.91 Å². The molecule has 0 saturated carbocycles. The molecule has 18 heavy (non-hydrogen) atoms. The fraction of sp³-hybridized carbons (Fsp3) is 0.417. The Bertz CT molecular complexity index is 442. The van der Waals surface area contributed by atoms with Gasteiger partial charge >= 0.3 is 0 Å². The van der Waals surface area contributed by atoms with Crippen LogP contribution in [0.4, 0.5) is 0 Å². The number of nitrogens with zero attached hydrogens (tertiary/aromatic N) is 1. The van der Waals surface area contributed by atoms with Crippen molar-refractivity contribution >= 4 is 45.8 Å². The smallest absolute Gasteiger partial charge is 0.255 e. The molecule has 0 aliphatic carbocycles. The van der Waals surface area contributed by atoms with Crippen LogP contribution in [0, 0.1) is 5.92 Å². The number of hydrogen-bond donors (Lipinski definition) is 1. The van der Waals surface area contributed by atoms with E-state index < -0.39 is 0 Å². The van der Waals surface area contributed by atoms with E-state index in [1.165, 1.54) is 0 Å². The van der Waals surface area contributed by atoms with Crippen molar-refractivity contribution < 1.29 is 4.79 Å². The first-order chi connectivity index (χ1) is 8.11. The number of likely N-dealkylation sites (tertiary alicyclic amines) is 1. The van der Waals surface area contributed by atoms with Gasteiger partial charge in [-0.1, -0.05) is 11.6 Å². The van der Waals surface area contributed by atoms with E-state index in [1.54, 1.807) is 18.2 Å². The Kier molecular flexibility index (Phi) is 5.92. The molecule has 1 aromatic rings. The number of benzene rings is 1. The number of carbonyl (C=O) groups excluding carboxylic acids is 1. The van der Waals surface area contributed by atoms with Crippen LogP contribution in [0.5, 0.6) is 0 Å². The molecule has 1 fully saturated rings. The van der Waals surface area contributed by atoms with Gasteiger partial charge in [0, 0.05) is 22.6 Å². The zero-order valence-corrected chi connectivity index (χ0v) is 12.9. The zero-order valence-electron chi connectivity index (χ0n) is 9.73. The summed E-state index contributed by atoms with van der Waals surface area (Å²) >= 11 is 9.23. The molecule has 0 radical (unpaired) electrons. The van der Waals surface area contributed by atoms with E-state index in [4.69, 9.17) is 17.3 Å². The van der Waals surface area contributed by atoms with Crippen LogP contribution in [0.25, 0.3) is 0 Å². The molecule has 2 N–H and O–H groups in total. The summed E-state index contributed by atoms with van der Waals surface area (Å²) in [6.45, 7) is 2.19. The minimum absolute atomic E-state index is 0. The maximum Gasteiger partial charge on any atom is 0.255 e. The topological polar surface area (TPSA) is 46.3 Å². The first-order valence-corrected chi connectivity index (χ1v) is 6.73. The highest BCUT2D eigenvalue weighted by Crippen LogP contribution is 2.25. The van der Waals surface area contributed by atoms with Gasteiger partial charge in [-0.2, -0.15) is 0 Å². The van der Waals surface area contributed by atoms with Crippen LogP contribution < -0.4 is 5.73 Å². The van der Waals surface area contributed by atoms with E-state index in [2.05, 4.69) is 15.9 Å². The molecule has 0 spiro atoms. The Morgan fingerprint density at radius 3 is 2.83 bits per heavy atom. The predicted molar refractivity (Wildman–Crippen MR) is 79.5 cm³/mol. The van der Waals surface area contributed by atoms with E-state index in [1.807, 2.05) is 4.90 Å². The predicted octanol–water partition coefficient (Wildman–Crippen LogP) is 2.95. The van der Waals surface area contributed by atoms with Gasteiger partial charge < -0.3 is 10.6 Å². The van der Waals surface area contributed by atoms with Gasteiger partial charge in [0.05, 0.1) is 5.56 Å². The standard InChI is InChI=1S/C12H14BrClN2O.ClH/c13-11-5-9(14)1-2-10(11)12(17)16-4-3-8(6-15)7-16;/h1-2,5,8H,3-4,6-7,15H2;1H. The van der Waals surface area contributed by atoms with Crippen LogP contribution in [-0.2, 0) is 0 Å².